The van der Waals surface area contributed by atoms with E-state index in [1.54, 1.807) is 12.3 Å². The fourth-order valence-electron chi connectivity index (χ4n) is 1.57. The quantitative estimate of drug-likeness (QED) is 0.798. The van der Waals surface area contributed by atoms with Gasteiger partial charge < -0.3 is 5.11 Å². The molecular weight excluding hydrogens is 256 g/mol. The van der Waals surface area contributed by atoms with Gasteiger partial charge in [0.2, 0.25) is 0 Å². The van der Waals surface area contributed by atoms with Crippen LogP contribution in [0.3, 0.4) is 0 Å². The van der Waals surface area contributed by atoms with Crippen LogP contribution in [-0.2, 0) is 5.41 Å². The van der Waals surface area contributed by atoms with E-state index in [1.807, 2.05) is 10.5 Å². The van der Waals surface area contributed by atoms with Gasteiger partial charge in [0.1, 0.15) is 16.2 Å². The molecule has 2 aromatic heterocycles. The largest absolute Gasteiger partial charge is 0.506 e. The smallest absolute Gasteiger partial charge is 0.132 e. The number of aromatic hydroxyl groups is 1. The van der Waals surface area contributed by atoms with Gasteiger partial charge in [0.05, 0.1) is 11.7 Å². The first-order chi connectivity index (χ1) is 6.89. The van der Waals surface area contributed by atoms with Gasteiger partial charge in [0.15, 0.2) is 0 Å². The van der Waals surface area contributed by atoms with Crippen molar-refractivity contribution in [2.75, 3.05) is 0 Å². The molecule has 0 spiro atoms. The number of pyridine rings is 1. The number of hydrogen-bond acceptors (Lipinski definition) is 2. The number of imidazole rings is 1. The van der Waals surface area contributed by atoms with E-state index < -0.39 is 0 Å². The number of nitrogens with zero attached hydrogens (tertiary/aromatic N) is 2. The van der Waals surface area contributed by atoms with E-state index in [4.69, 9.17) is 0 Å². The van der Waals surface area contributed by atoms with Crippen LogP contribution in [-0.4, -0.2) is 14.5 Å². The summed E-state index contributed by atoms with van der Waals surface area (Å²) in [5, 5.41) is 9.47. The number of hydrogen-bond donors (Lipinski definition) is 1. The highest BCUT2D eigenvalue weighted by atomic mass is 79.9. The van der Waals surface area contributed by atoms with Crippen molar-refractivity contribution in [2.45, 2.75) is 26.2 Å². The molecule has 1 N–H and O–H groups in total. The topological polar surface area (TPSA) is 37.5 Å². The normalized spacial score (nSPS) is 12.3. The monoisotopic (exact) mass is 268 g/mol. The molecule has 0 saturated heterocycles. The number of rotatable bonds is 0. The summed E-state index contributed by atoms with van der Waals surface area (Å²) in [5.74, 6) is 1.18. The molecule has 0 atom stereocenters. The minimum atomic E-state index is -0.0528. The van der Waals surface area contributed by atoms with E-state index in [0.717, 1.165) is 15.9 Å². The van der Waals surface area contributed by atoms with Gasteiger partial charge in [-0.1, -0.05) is 20.8 Å². The molecule has 0 aromatic carbocycles. The lowest BCUT2D eigenvalue weighted by Gasteiger charge is -2.16. The summed E-state index contributed by atoms with van der Waals surface area (Å²) in [7, 11) is 0. The molecule has 2 heterocycles. The molecule has 4 heteroatoms. The van der Waals surface area contributed by atoms with Crippen LogP contribution >= 0.6 is 15.9 Å². The van der Waals surface area contributed by atoms with Crippen LogP contribution in [0.1, 0.15) is 26.6 Å². The van der Waals surface area contributed by atoms with E-state index in [0.29, 0.717) is 0 Å². The molecular formula is C11H13BrN2O. The van der Waals surface area contributed by atoms with Crippen molar-refractivity contribution in [3.05, 3.63) is 28.8 Å². The summed E-state index contributed by atoms with van der Waals surface area (Å²) in [4.78, 5) is 4.47. The van der Waals surface area contributed by atoms with E-state index in [2.05, 4.69) is 41.7 Å². The summed E-state index contributed by atoms with van der Waals surface area (Å²) in [6.07, 6.45) is 1.69. The van der Waals surface area contributed by atoms with E-state index in [-0.39, 0.29) is 11.2 Å². The predicted octanol–water partition coefficient (Wildman–Crippen LogP) is 3.10. The fraction of sp³-hybridized carbons (Fsp3) is 0.364. The fourth-order valence-corrected chi connectivity index (χ4v) is 2.06. The van der Waals surface area contributed by atoms with E-state index in [9.17, 15) is 5.11 Å². The van der Waals surface area contributed by atoms with Crippen molar-refractivity contribution in [3.8, 4) is 5.75 Å². The van der Waals surface area contributed by atoms with Gasteiger partial charge in [-0.15, -0.1) is 0 Å². The SMILES string of the molecule is CC(C)(C)c1nc(Br)c2ccc(O)cn12. The third kappa shape index (κ3) is 1.74. The Kier molecular flexibility index (Phi) is 2.26. The number of halogens is 1. The van der Waals surface area contributed by atoms with Crippen molar-refractivity contribution in [3.63, 3.8) is 0 Å². The highest BCUT2D eigenvalue weighted by Gasteiger charge is 2.21. The first-order valence-electron chi connectivity index (χ1n) is 4.76. The molecule has 0 aliphatic heterocycles. The Morgan fingerprint density at radius 3 is 2.60 bits per heavy atom. The number of fused-ring (bicyclic) bond motifs is 1. The zero-order chi connectivity index (χ0) is 11.2. The molecule has 2 rings (SSSR count). The molecule has 0 aliphatic carbocycles. The zero-order valence-corrected chi connectivity index (χ0v) is 10.5. The summed E-state index contributed by atoms with van der Waals surface area (Å²) in [5.41, 5.74) is 0.917. The molecule has 0 radical (unpaired) electrons. The summed E-state index contributed by atoms with van der Waals surface area (Å²) < 4.78 is 2.73. The molecule has 0 aliphatic rings. The lowest BCUT2D eigenvalue weighted by atomic mass is 9.96. The Hall–Kier alpha value is -1.03. The molecule has 15 heavy (non-hydrogen) atoms. The van der Waals surface area contributed by atoms with Crippen LogP contribution in [0.5, 0.6) is 5.75 Å². The Morgan fingerprint density at radius 1 is 1.33 bits per heavy atom. The lowest BCUT2D eigenvalue weighted by Crippen LogP contribution is -2.15. The van der Waals surface area contributed by atoms with Gasteiger partial charge in [0.25, 0.3) is 0 Å². The van der Waals surface area contributed by atoms with Crippen LogP contribution in [0.15, 0.2) is 22.9 Å². The second-order valence-corrected chi connectivity index (χ2v) is 5.37. The third-order valence-corrected chi connectivity index (χ3v) is 2.83. The average Bonchev–Trinajstić information content (AvgIpc) is 2.42. The van der Waals surface area contributed by atoms with Crippen molar-refractivity contribution in [1.29, 1.82) is 0 Å². The van der Waals surface area contributed by atoms with Crippen LogP contribution < -0.4 is 0 Å². The Bertz CT molecular complexity index is 511. The summed E-state index contributed by atoms with van der Waals surface area (Å²) >= 11 is 3.42. The van der Waals surface area contributed by atoms with Gasteiger partial charge in [-0.2, -0.15) is 0 Å². The molecule has 0 saturated carbocycles. The maximum atomic E-state index is 9.47. The van der Waals surface area contributed by atoms with Crippen LogP contribution in [0.4, 0.5) is 0 Å². The predicted molar refractivity (Wildman–Crippen MR) is 63.3 cm³/mol. The molecule has 0 amide bonds. The Morgan fingerprint density at radius 2 is 2.00 bits per heavy atom. The van der Waals surface area contributed by atoms with Gasteiger partial charge in [0, 0.05) is 5.41 Å². The first kappa shape index (κ1) is 10.5. The number of aromatic nitrogens is 2. The van der Waals surface area contributed by atoms with Crippen molar-refractivity contribution < 1.29 is 5.11 Å². The van der Waals surface area contributed by atoms with Crippen molar-refractivity contribution in [2.24, 2.45) is 0 Å². The van der Waals surface area contributed by atoms with E-state index in [1.165, 1.54) is 0 Å². The molecule has 0 unspecified atom stereocenters. The van der Waals surface area contributed by atoms with E-state index >= 15 is 0 Å². The highest BCUT2D eigenvalue weighted by molar-refractivity contribution is 9.10. The van der Waals surface area contributed by atoms with Crippen LogP contribution in [0.25, 0.3) is 5.52 Å². The second kappa shape index (κ2) is 3.23. The zero-order valence-electron chi connectivity index (χ0n) is 8.95. The standard InChI is InChI=1S/C11H13BrN2O/c1-11(2,3)10-13-9(12)8-5-4-7(15)6-14(8)10/h4-6,15H,1-3H3. The van der Waals surface area contributed by atoms with Gasteiger partial charge in [-0.05, 0) is 28.1 Å². The van der Waals surface area contributed by atoms with Crippen LogP contribution in [0.2, 0.25) is 0 Å². The maximum absolute atomic E-state index is 9.47. The minimum Gasteiger partial charge on any atom is -0.506 e. The molecule has 3 nitrogen and oxygen atoms in total. The average molecular weight is 269 g/mol. The minimum absolute atomic E-state index is 0.0528. The highest BCUT2D eigenvalue weighted by Crippen LogP contribution is 2.28. The third-order valence-electron chi connectivity index (χ3n) is 2.25. The van der Waals surface area contributed by atoms with Gasteiger partial charge >= 0.3 is 0 Å². The second-order valence-electron chi connectivity index (χ2n) is 4.62. The Labute approximate surface area is 96.9 Å². The first-order valence-corrected chi connectivity index (χ1v) is 5.56. The lowest BCUT2D eigenvalue weighted by molar-refractivity contribution is 0.469. The molecule has 0 bridgehead atoms. The van der Waals surface area contributed by atoms with Gasteiger partial charge in [-0.25, -0.2) is 4.98 Å². The summed E-state index contributed by atoms with van der Waals surface area (Å²) in [6.45, 7) is 6.29. The molecule has 0 fully saturated rings. The Balaban J connectivity index is 2.81. The summed E-state index contributed by atoms with van der Waals surface area (Å²) in [6, 6.07) is 3.51. The van der Waals surface area contributed by atoms with Crippen molar-refractivity contribution in [1.82, 2.24) is 9.38 Å². The van der Waals surface area contributed by atoms with Crippen molar-refractivity contribution >= 4 is 21.4 Å². The maximum Gasteiger partial charge on any atom is 0.132 e. The molecule has 2 aromatic rings. The molecule has 80 valence electrons. The van der Waals surface area contributed by atoms with Crippen LogP contribution in [0, 0.1) is 0 Å². The van der Waals surface area contributed by atoms with Gasteiger partial charge in [-0.3, -0.25) is 4.40 Å².